The van der Waals surface area contributed by atoms with E-state index in [0.717, 1.165) is 5.69 Å². The first-order valence-corrected chi connectivity index (χ1v) is 11.5. The van der Waals surface area contributed by atoms with Gasteiger partial charge in [-0.3, -0.25) is 4.79 Å². The normalized spacial score (nSPS) is 18.9. The summed E-state index contributed by atoms with van der Waals surface area (Å²) in [5, 5.41) is 0. The third kappa shape index (κ3) is 3.78. The van der Waals surface area contributed by atoms with E-state index in [-0.39, 0.29) is 49.9 Å². The molecule has 0 bridgehead atoms. The fourth-order valence-corrected chi connectivity index (χ4v) is 4.71. The van der Waals surface area contributed by atoms with E-state index < -0.39 is 41.8 Å². The number of benzene rings is 1. The molecule has 9 nitrogen and oxygen atoms in total. The van der Waals surface area contributed by atoms with Crippen LogP contribution in [0.15, 0.2) is 33.4 Å². The molecular weight excluding hydrogens is 484 g/mol. The third-order valence-corrected chi connectivity index (χ3v) is 6.52. The predicted octanol–water partition coefficient (Wildman–Crippen LogP) is 4.34. The van der Waals surface area contributed by atoms with Crippen molar-refractivity contribution in [3.63, 3.8) is 0 Å². The van der Waals surface area contributed by atoms with Gasteiger partial charge in [-0.25, -0.2) is 27.5 Å². The lowest BCUT2D eigenvalue weighted by molar-refractivity contribution is 0.0620. The fourth-order valence-electron chi connectivity index (χ4n) is 4.71. The van der Waals surface area contributed by atoms with E-state index in [4.69, 9.17) is 8.83 Å². The number of imidazole rings is 1. The van der Waals surface area contributed by atoms with Crippen LogP contribution in [-0.4, -0.2) is 56.5 Å². The summed E-state index contributed by atoms with van der Waals surface area (Å²) in [4.78, 5) is 32.1. The monoisotopic (exact) mass is 504 g/mol. The van der Waals surface area contributed by atoms with Gasteiger partial charge < -0.3 is 23.6 Å². The van der Waals surface area contributed by atoms with Crippen molar-refractivity contribution in [1.29, 1.82) is 0 Å². The second-order valence-electron chi connectivity index (χ2n) is 8.75. The average Bonchev–Trinajstić information content (AvgIpc) is 3.60. The van der Waals surface area contributed by atoms with Crippen LogP contribution in [0.1, 0.15) is 58.8 Å². The van der Waals surface area contributed by atoms with Crippen LogP contribution in [0.2, 0.25) is 0 Å². The number of carbonyl (C=O) groups excluding carboxylic acids is 1. The Bertz CT molecular complexity index is 1420. The molecule has 4 aromatic rings. The number of carbonyl (C=O) groups is 1. The van der Waals surface area contributed by atoms with Gasteiger partial charge in [0, 0.05) is 37.8 Å². The number of oxazole rings is 2. The molecule has 0 saturated carbocycles. The molecule has 1 N–H and O–H groups in total. The van der Waals surface area contributed by atoms with Gasteiger partial charge in [-0.2, -0.15) is 4.98 Å². The molecule has 2 aliphatic heterocycles. The number of nitrogens with one attached hydrogen (secondary N) is 1. The van der Waals surface area contributed by atoms with Crippen molar-refractivity contribution in [2.24, 2.45) is 0 Å². The maximum absolute atomic E-state index is 13.9. The highest BCUT2D eigenvalue weighted by molar-refractivity contribution is 5.93. The fraction of sp³-hybridized carbons (Fsp3) is 0.391. The molecule has 0 spiro atoms. The summed E-state index contributed by atoms with van der Waals surface area (Å²) >= 11 is 0. The summed E-state index contributed by atoms with van der Waals surface area (Å²) in [6.45, 7) is 0.596. The topological polar surface area (TPSA) is 104 Å². The molecule has 2 aliphatic rings. The van der Waals surface area contributed by atoms with Gasteiger partial charge in [-0.15, -0.1) is 0 Å². The number of anilines is 1. The molecule has 5 heterocycles. The van der Waals surface area contributed by atoms with Crippen LogP contribution in [0.4, 0.5) is 23.6 Å². The van der Waals surface area contributed by atoms with Crippen molar-refractivity contribution in [3.05, 3.63) is 59.1 Å². The molecule has 3 aromatic heterocycles. The predicted molar refractivity (Wildman–Crippen MR) is 117 cm³/mol. The van der Waals surface area contributed by atoms with Crippen LogP contribution >= 0.6 is 0 Å². The second-order valence-corrected chi connectivity index (χ2v) is 8.75. The number of rotatable bonds is 4. The highest BCUT2D eigenvalue weighted by Crippen LogP contribution is 2.37. The summed E-state index contributed by atoms with van der Waals surface area (Å²) < 4.78 is 66.5. The van der Waals surface area contributed by atoms with Crippen LogP contribution in [0.5, 0.6) is 0 Å². The number of halogens is 4. The number of alkyl halides is 3. The molecule has 1 atom stereocenters. The zero-order valence-corrected chi connectivity index (χ0v) is 18.8. The summed E-state index contributed by atoms with van der Waals surface area (Å²) in [7, 11) is 0. The summed E-state index contributed by atoms with van der Waals surface area (Å²) in [5.41, 5.74) is 0.923. The Morgan fingerprint density at radius 3 is 2.72 bits per heavy atom. The minimum Gasteiger partial charge on any atom is -0.438 e. The van der Waals surface area contributed by atoms with E-state index in [1.54, 1.807) is 4.90 Å². The maximum atomic E-state index is 13.9. The Morgan fingerprint density at radius 2 is 1.94 bits per heavy atom. The number of hydrogen-bond acceptors (Lipinski definition) is 7. The molecule has 1 saturated heterocycles. The Kier molecular flexibility index (Phi) is 5.41. The molecule has 1 fully saturated rings. The number of amides is 1. The smallest absolute Gasteiger partial charge is 0.298 e. The van der Waals surface area contributed by atoms with Gasteiger partial charge >= 0.3 is 0 Å². The van der Waals surface area contributed by atoms with Gasteiger partial charge in [-0.1, -0.05) is 0 Å². The molecule has 6 rings (SSSR count). The molecule has 0 radical (unpaired) electrons. The van der Waals surface area contributed by atoms with Crippen molar-refractivity contribution in [3.8, 4) is 0 Å². The summed E-state index contributed by atoms with van der Waals surface area (Å²) in [6.07, 6.45) is -1.79. The quantitative estimate of drug-likeness (QED) is 0.412. The van der Waals surface area contributed by atoms with Gasteiger partial charge in [0.2, 0.25) is 11.7 Å². The molecule has 1 aromatic carbocycles. The molecule has 36 heavy (non-hydrogen) atoms. The molecule has 13 heteroatoms. The third-order valence-electron chi connectivity index (χ3n) is 6.52. The largest absolute Gasteiger partial charge is 0.438 e. The number of aromatic nitrogens is 4. The number of fused-ring (bicyclic) bond motifs is 2. The lowest BCUT2D eigenvalue weighted by atomic mass is 10.0. The minimum absolute atomic E-state index is 0.0559. The Balaban J connectivity index is 1.40. The van der Waals surface area contributed by atoms with E-state index in [0.29, 0.717) is 17.7 Å². The first-order valence-electron chi connectivity index (χ1n) is 11.5. The highest BCUT2D eigenvalue weighted by atomic mass is 19.3. The summed E-state index contributed by atoms with van der Waals surface area (Å²) in [5.74, 6) is -1.89. The van der Waals surface area contributed by atoms with E-state index in [2.05, 4.69) is 19.9 Å². The number of H-pyrrole nitrogens is 1. The van der Waals surface area contributed by atoms with Crippen LogP contribution in [0.25, 0.3) is 11.1 Å². The molecular formula is C23H20F4N6O3. The van der Waals surface area contributed by atoms with E-state index in [9.17, 15) is 22.4 Å². The zero-order chi connectivity index (χ0) is 25.0. The number of nitrogens with zero attached hydrogens (tertiary/aromatic N) is 5. The van der Waals surface area contributed by atoms with Gasteiger partial charge in [0.15, 0.2) is 17.3 Å². The number of hydrogen-bond donors (Lipinski definition) is 1. The molecule has 1 amide bonds. The van der Waals surface area contributed by atoms with Crippen molar-refractivity contribution >= 4 is 23.0 Å². The van der Waals surface area contributed by atoms with Crippen LogP contribution in [0, 0.1) is 5.82 Å². The van der Waals surface area contributed by atoms with Gasteiger partial charge in [-0.05, 0) is 25.0 Å². The molecule has 0 unspecified atom stereocenters. The first-order chi connectivity index (χ1) is 17.4. The average molecular weight is 504 g/mol. The molecule has 0 aliphatic carbocycles. The second kappa shape index (κ2) is 8.64. The minimum atomic E-state index is -3.07. The summed E-state index contributed by atoms with van der Waals surface area (Å²) in [6, 6.07) is 2.72. The van der Waals surface area contributed by atoms with E-state index in [1.165, 1.54) is 29.4 Å². The van der Waals surface area contributed by atoms with Gasteiger partial charge in [0.25, 0.3) is 18.3 Å². The molecule has 188 valence electrons. The van der Waals surface area contributed by atoms with Crippen LogP contribution in [-0.2, 0) is 6.42 Å². The highest BCUT2D eigenvalue weighted by Gasteiger charge is 2.41. The SMILES string of the molecule is O=C(c1oc(N2CCC(F)CC2)nc1C(F)F)N1CCc2[nH]cnc2[C@H]1c1nc2cc(F)ccc2o1. The first kappa shape index (κ1) is 22.6. The lowest BCUT2D eigenvalue weighted by Crippen LogP contribution is -2.41. The van der Waals surface area contributed by atoms with Crippen molar-refractivity contribution < 1.29 is 31.2 Å². The Hall–Kier alpha value is -3.90. The number of piperidine rings is 1. The van der Waals surface area contributed by atoms with Crippen LogP contribution in [0.3, 0.4) is 0 Å². The van der Waals surface area contributed by atoms with Gasteiger partial charge in [0.05, 0.1) is 12.0 Å². The van der Waals surface area contributed by atoms with Crippen molar-refractivity contribution in [2.75, 3.05) is 24.5 Å². The van der Waals surface area contributed by atoms with E-state index >= 15 is 0 Å². The van der Waals surface area contributed by atoms with Crippen molar-refractivity contribution in [1.82, 2.24) is 24.8 Å². The zero-order valence-electron chi connectivity index (χ0n) is 18.8. The Morgan fingerprint density at radius 1 is 1.14 bits per heavy atom. The standard InChI is InChI=1S/C23H20F4N6O3/c24-11-3-6-32(7-4-11)23-31-17(20(26)27)19(36-23)22(34)33-8-5-13-16(29-10-28-13)18(33)21-30-14-9-12(25)1-2-15(14)35-21/h1-2,9-11,18,20H,3-8H2,(H,28,29)/t18-/m0/s1. The number of aromatic amines is 1. The van der Waals surface area contributed by atoms with Crippen LogP contribution < -0.4 is 4.90 Å². The lowest BCUT2D eigenvalue weighted by Gasteiger charge is -2.32. The van der Waals surface area contributed by atoms with Crippen molar-refractivity contribution in [2.45, 2.75) is 37.9 Å². The maximum Gasteiger partial charge on any atom is 0.298 e. The van der Waals surface area contributed by atoms with E-state index in [1.807, 2.05) is 0 Å². The Labute approximate surface area is 201 Å². The van der Waals surface area contributed by atoms with Gasteiger partial charge in [0.1, 0.15) is 17.5 Å².